The van der Waals surface area contributed by atoms with Crippen molar-refractivity contribution in [2.24, 2.45) is 0 Å². The Morgan fingerprint density at radius 1 is 1.12 bits per heavy atom. The van der Waals surface area contributed by atoms with E-state index in [1.54, 1.807) is 7.11 Å². The van der Waals surface area contributed by atoms with E-state index in [0.29, 0.717) is 42.9 Å². The predicted octanol–water partition coefficient (Wildman–Crippen LogP) is 4.13. The normalized spacial score (nSPS) is 12.6. The van der Waals surface area contributed by atoms with Crippen molar-refractivity contribution in [3.8, 4) is 23.0 Å². The minimum atomic E-state index is 0.533. The Balaban J connectivity index is 1.73. The molecule has 6 heteroatoms. The van der Waals surface area contributed by atoms with E-state index in [2.05, 4.69) is 5.32 Å². The molecule has 0 fully saturated rings. The highest BCUT2D eigenvalue weighted by Crippen LogP contribution is 2.37. The zero-order valence-electron chi connectivity index (χ0n) is 13.7. The number of nitrogens with one attached hydrogen (secondary N) is 1. The fourth-order valence-electron chi connectivity index (χ4n) is 2.52. The first kappa shape index (κ1) is 16.6. The van der Waals surface area contributed by atoms with Gasteiger partial charge in [-0.15, -0.1) is 0 Å². The lowest BCUT2D eigenvalue weighted by molar-refractivity contribution is 0.171. The Morgan fingerprint density at radius 3 is 2.67 bits per heavy atom. The second-order valence-electron chi connectivity index (χ2n) is 5.25. The molecule has 2 aromatic rings. The SMILES string of the molecule is CCOc1c(Cl)cc(CNc2ccc3c(c2)OCCO3)cc1OC. The minimum absolute atomic E-state index is 0.533. The smallest absolute Gasteiger partial charge is 0.179 e. The van der Waals surface area contributed by atoms with E-state index in [1.165, 1.54) is 0 Å². The lowest BCUT2D eigenvalue weighted by Gasteiger charge is -2.19. The summed E-state index contributed by atoms with van der Waals surface area (Å²) in [7, 11) is 1.60. The van der Waals surface area contributed by atoms with E-state index in [4.69, 9.17) is 30.5 Å². The average Bonchev–Trinajstić information content (AvgIpc) is 2.61. The summed E-state index contributed by atoms with van der Waals surface area (Å²) in [5, 5.41) is 3.89. The number of ether oxygens (including phenoxy) is 4. The van der Waals surface area contributed by atoms with Crippen molar-refractivity contribution in [1.29, 1.82) is 0 Å². The molecule has 1 heterocycles. The molecular formula is C18H20ClNO4. The molecule has 1 aliphatic heterocycles. The number of hydrogen-bond acceptors (Lipinski definition) is 5. The number of anilines is 1. The zero-order valence-corrected chi connectivity index (χ0v) is 14.5. The number of methoxy groups -OCH3 is 1. The summed E-state index contributed by atoms with van der Waals surface area (Å²) in [4.78, 5) is 0. The fraction of sp³-hybridized carbons (Fsp3) is 0.333. The van der Waals surface area contributed by atoms with Crippen LogP contribution < -0.4 is 24.3 Å². The van der Waals surface area contributed by atoms with Crippen LogP contribution in [0.4, 0.5) is 5.69 Å². The van der Waals surface area contributed by atoms with Gasteiger partial charge in [-0.3, -0.25) is 0 Å². The van der Waals surface area contributed by atoms with Gasteiger partial charge in [0, 0.05) is 18.3 Å². The Bertz CT molecular complexity index is 720. The number of fused-ring (bicyclic) bond motifs is 1. The molecule has 3 rings (SSSR count). The summed E-state index contributed by atoms with van der Waals surface area (Å²) in [5.41, 5.74) is 1.94. The van der Waals surface area contributed by atoms with Crippen LogP contribution in [0.25, 0.3) is 0 Å². The Morgan fingerprint density at radius 2 is 1.92 bits per heavy atom. The van der Waals surface area contributed by atoms with Gasteiger partial charge in [0.05, 0.1) is 18.7 Å². The molecule has 0 amide bonds. The van der Waals surface area contributed by atoms with E-state index in [9.17, 15) is 0 Å². The van der Waals surface area contributed by atoms with Crippen molar-refractivity contribution >= 4 is 17.3 Å². The molecule has 0 bridgehead atoms. The van der Waals surface area contributed by atoms with Crippen molar-refractivity contribution in [2.45, 2.75) is 13.5 Å². The second-order valence-corrected chi connectivity index (χ2v) is 5.66. The van der Waals surface area contributed by atoms with Crippen LogP contribution in [0, 0.1) is 0 Å². The maximum Gasteiger partial charge on any atom is 0.179 e. The minimum Gasteiger partial charge on any atom is -0.493 e. The molecule has 1 aliphatic rings. The quantitative estimate of drug-likeness (QED) is 0.849. The van der Waals surface area contributed by atoms with Gasteiger partial charge in [0.25, 0.3) is 0 Å². The number of rotatable bonds is 6. The molecule has 0 radical (unpaired) electrons. The number of halogens is 1. The topological polar surface area (TPSA) is 49.0 Å². The molecule has 2 aromatic carbocycles. The predicted molar refractivity (Wildman–Crippen MR) is 93.9 cm³/mol. The van der Waals surface area contributed by atoms with Crippen molar-refractivity contribution in [2.75, 3.05) is 32.2 Å². The monoisotopic (exact) mass is 349 g/mol. The molecule has 0 atom stereocenters. The van der Waals surface area contributed by atoms with Crippen molar-refractivity contribution in [1.82, 2.24) is 0 Å². The summed E-state index contributed by atoms with van der Waals surface area (Å²) < 4.78 is 22.0. The van der Waals surface area contributed by atoms with Crippen LogP contribution >= 0.6 is 11.6 Å². The van der Waals surface area contributed by atoms with Crippen LogP contribution in [-0.2, 0) is 6.54 Å². The molecule has 0 saturated heterocycles. The third-order valence-electron chi connectivity index (χ3n) is 3.62. The van der Waals surface area contributed by atoms with E-state index in [0.717, 1.165) is 22.7 Å². The Labute approximate surface area is 146 Å². The van der Waals surface area contributed by atoms with Crippen LogP contribution in [0.15, 0.2) is 30.3 Å². The van der Waals surface area contributed by atoms with Crippen LogP contribution in [0.1, 0.15) is 12.5 Å². The van der Waals surface area contributed by atoms with Crippen LogP contribution in [0.2, 0.25) is 5.02 Å². The standard InChI is InChI=1S/C18H20ClNO4/c1-3-22-18-14(19)8-12(9-17(18)21-2)11-20-13-4-5-15-16(10-13)24-7-6-23-15/h4-5,8-10,20H,3,6-7,11H2,1-2H3. The molecule has 5 nitrogen and oxygen atoms in total. The first-order valence-corrected chi connectivity index (χ1v) is 8.21. The molecule has 0 aromatic heterocycles. The number of hydrogen-bond donors (Lipinski definition) is 1. The van der Waals surface area contributed by atoms with E-state index < -0.39 is 0 Å². The molecular weight excluding hydrogens is 330 g/mol. The third-order valence-corrected chi connectivity index (χ3v) is 3.90. The van der Waals surface area contributed by atoms with Gasteiger partial charge in [-0.2, -0.15) is 0 Å². The summed E-state index contributed by atoms with van der Waals surface area (Å²) in [6.07, 6.45) is 0. The molecule has 0 unspecified atom stereocenters. The van der Waals surface area contributed by atoms with E-state index in [-0.39, 0.29) is 0 Å². The molecule has 0 aliphatic carbocycles. The van der Waals surface area contributed by atoms with Gasteiger partial charge in [-0.1, -0.05) is 11.6 Å². The highest BCUT2D eigenvalue weighted by Gasteiger charge is 2.13. The fourth-order valence-corrected chi connectivity index (χ4v) is 2.80. The Kier molecular flexibility index (Phi) is 5.20. The van der Waals surface area contributed by atoms with Gasteiger partial charge in [-0.25, -0.2) is 0 Å². The maximum atomic E-state index is 6.30. The molecule has 0 spiro atoms. The van der Waals surface area contributed by atoms with Gasteiger partial charge in [0.2, 0.25) is 0 Å². The second kappa shape index (κ2) is 7.53. The van der Waals surface area contributed by atoms with Crippen LogP contribution in [0.3, 0.4) is 0 Å². The Hall–Kier alpha value is -2.27. The van der Waals surface area contributed by atoms with Gasteiger partial charge in [-0.05, 0) is 36.8 Å². The van der Waals surface area contributed by atoms with E-state index >= 15 is 0 Å². The molecule has 24 heavy (non-hydrogen) atoms. The third kappa shape index (κ3) is 3.62. The summed E-state index contributed by atoms with van der Waals surface area (Å²) in [6, 6.07) is 9.59. The molecule has 1 N–H and O–H groups in total. The highest BCUT2D eigenvalue weighted by molar-refractivity contribution is 6.32. The largest absolute Gasteiger partial charge is 0.493 e. The highest BCUT2D eigenvalue weighted by atomic mass is 35.5. The summed E-state index contributed by atoms with van der Waals surface area (Å²) in [6.45, 7) is 4.20. The number of benzene rings is 2. The van der Waals surface area contributed by atoms with Gasteiger partial charge >= 0.3 is 0 Å². The average molecular weight is 350 g/mol. The summed E-state index contributed by atoms with van der Waals surface area (Å²) >= 11 is 6.30. The molecule has 0 saturated carbocycles. The maximum absolute atomic E-state index is 6.30. The zero-order chi connectivity index (χ0) is 16.9. The first-order valence-electron chi connectivity index (χ1n) is 7.84. The lowest BCUT2D eigenvalue weighted by atomic mass is 10.2. The van der Waals surface area contributed by atoms with Crippen LogP contribution in [0.5, 0.6) is 23.0 Å². The summed E-state index contributed by atoms with van der Waals surface area (Å²) in [5.74, 6) is 2.74. The first-order chi connectivity index (χ1) is 11.7. The van der Waals surface area contributed by atoms with Crippen molar-refractivity contribution in [3.05, 3.63) is 40.9 Å². The van der Waals surface area contributed by atoms with Crippen LogP contribution in [-0.4, -0.2) is 26.9 Å². The molecule has 128 valence electrons. The van der Waals surface area contributed by atoms with E-state index in [1.807, 2.05) is 37.3 Å². The van der Waals surface area contributed by atoms with Gasteiger partial charge < -0.3 is 24.3 Å². The van der Waals surface area contributed by atoms with Crippen molar-refractivity contribution < 1.29 is 18.9 Å². The van der Waals surface area contributed by atoms with Crippen molar-refractivity contribution in [3.63, 3.8) is 0 Å². The lowest BCUT2D eigenvalue weighted by Crippen LogP contribution is -2.15. The van der Waals surface area contributed by atoms with Gasteiger partial charge in [0.15, 0.2) is 23.0 Å². The van der Waals surface area contributed by atoms with Gasteiger partial charge in [0.1, 0.15) is 13.2 Å².